The number of hydrogen-bond donors (Lipinski definition) is 0. The van der Waals surface area contributed by atoms with Gasteiger partial charge < -0.3 is 18.9 Å². The number of aryl methyl sites for hydroxylation is 1. The van der Waals surface area contributed by atoms with Crippen LogP contribution in [-0.4, -0.2) is 24.9 Å². The van der Waals surface area contributed by atoms with Gasteiger partial charge in [0.25, 0.3) is 0 Å². The summed E-state index contributed by atoms with van der Waals surface area (Å²) in [6, 6.07) is 59.0. The van der Waals surface area contributed by atoms with Crippen molar-refractivity contribution in [2.45, 2.75) is 58.1 Å². The van der Waals surface area contributed by atoms with E-state index in [0.717, 1.165) is 50.3 Å². The van der Waals surface area contributed by atoms with Gasteiger partial charge in [-0.05, 0) is 81.3 Å². The average molecular weight is 801 g/mol. The maximum Gasteiger partial charge on any atom is 0.123 e. The number of hydrogen-bond acceptors (Lipinski definition) is 5. The lowest BCUT2D eigenvalue weighted by atomic mass is 9.80. The molecular formula is C53H49FO4S. The average Bonchev–Trinajstić information content (AvgIpc) is 3.75. The van der Waals surface area contributed by atoms with Crippen LogP contribution in [0.3, 0.4) is 0 Å². The molecule has 1 aliphatic rings. The SMILES string of the molecule is Cc1ccc(C2=C[C@H](COCc3ccccc3)[C@@H](OCc3ccccc3)[C@H](OCc3ccccc3)[C@H]2OCc2ccccc2)cc1Cc1ccc(-c2ccc(F)cc2)s1. The van der Waals surface area contributed by atoms with Gasteiger partial charge in [0.05, 0.1) is 39.1 Å². The Hall–Kier alpha value is -5.47. The minimum Gasteiger partial charge on any atom is -0.376 e. The van der Waals surface area contributed by atoms with Crippen LogP contribution in [-0.2, 0) is 51.8 Å². The Morgan fingerprint density at radius 1 is 0.525 bits per heavy atom. The summed E-state index contributed by atoms with van der Waals surface area (Å²) in [5.74, 6) is -0.372. The first kappa shape index (κ1) is 40.3. The van der Waals surface area contributed by atoms with Gasteiger partial charge in [0, 0.05) is 22.1 Å². The van der Waals surface area contributed by atoms with Crippen molar-refractivity contribution in [1.29, 1.82) is 0 Å². The summed E-state index contributed by atoms with van der Waals surface area (Å²) in [7, 11) is 0. The van der Waals surface area contributed by atoms with Crippen molar-refractivity contribution in [3.05, 3.63) is 232 Å². The molecule has 0 N–H and O–H groups in total. The Morgan fingerprint density at radius 2 is 1.05 bits per heavy atom. The number of rotatable bonds is 17. The van der Waals surface area contributed by atoms with E-state index in [-0.39, 0.29) is 17.8 Å². The van der Waals surface area contributed by atoms with Crippen LogP contribution in [0.15, 0.2) is 182 Å². The number of ether oxygens (including phenoxy) is 4. The minimum absolute atomic E-state index is 0.143. The molecular weight excluding hydrogens is 752 g/mol. The molecule has 0 saturated carbocycles. The Morgan fingerprint density at radius 3 is 1.64 bits per heavy atom. The van der Waals surface area contributed by atoms with Gasteiger partial charge in [-0.25, -0.2) is 4.39 Å². The van der Waals surface area contributed by atoms with Crippen molar-refractivity contribution in [3.63, 3.8) is 0 Å². The second-order valence-electron chi connectivity index (χ2n) is 15.1. The van der Waals surface area contributed by atoms with Crippen LogP contribution in [0.25, 0.3) is 16.0 Å². The zero-order valence-corrected chi connectivity index (χ0v) is 34.1. The molecule has 0 fully saturated rings. The van der Waals surface area contributed by atoms with E-state index in [1.807, 2.05) is 84.9 Å². The van der Waals surface area contributed by atoms with Crippen molar-refractivity contribution in [1.82, 2.24) is 0 Å². The third-order valence-electron chi connectivity index (χ3n) is 10.8. The molecule has 0 aliphatic heterocycles. The van der Waals surface area contributed by atoms with Gasteiger partial charge in [-0.2, -0.15) is 0 Å². The predicted octanol–water partition coefficient (Wildman–Crippen LogP) is 12.4. The molecule has 6 heteroatoms. The first-order valence-corrected chi connectivity index (χ1v) is 21.1. The lowest BCUT2D eigenvalue weighted by Crippen LogP contribution is -2.50. The second kappa shape index (κ2) is 20.0. The minimum atomic E-state index is -0.465. The quantitative estimate of drug-likeness (QED) is 0.0919. The molecule has 0 spiro atoms. The fraction of sp³-hybridized carbons (Fsp3) is 0.208. The molecule has 0 radical (unpaired) electrons. The number of benzene rings is 6. The van der Waals surface area contributed by atoms with Crippen molar-refractivity contribution in [3.8, 4) is 10.4 Å². The molecule has 0 amide bonds. The van der Waals surface area contributed by atoms with Crippen molar-refractivity contribution >= 4 is 16.9 Å². The van der Waals surface area contributed by atoms with Crippen molar-refractivity contribution < 1.29 is 23.3 Å². The van der Waals surface area contributed by atoms with Gasteiger partial charge in [-0.1, -0.05) is 158 Å². The Kier molecular flexibility index (Phi) is 13.7. The third kappa shape index (κ3) is 10.8. The van der Waals surface area contributed by atoms with Gasteiger partial charge >= 0.3 is 0 Å². The number of thiophene rings is 1. The molecule has 0 saturated heterocycles. The molecule has 59 heavy (non-hydrogen) atoms. The molecule has 1 aliphatic carbocycles. The van der Waals surface area contributed by atoms with E-state index in [1.165, 1.54) is 28.1 Å². The fourth-order valence-electron chi connectivity index (χ4n) is 7.65. The number of halogens is 1. The molecule has 8 rings (SSSR count). The molecule has 1 heterocycles. The first-order valence-electron chi connectivity index (χ1n) is 20.3. The van der Waals surface area contributed by atoms with Gasteiger partial charge in [0.1, 0.15) is 18.0 Å². The summed E-state index contributed by atoms with van der Waals surface area (Å²) in [6.07, 6.45) is 1.81. The fourth-order valence-corrected chi connectivity index (χ4v) is 8.69. The zero-order chi connectivity index (χ0) is 40.2. The molecule has 0 bridgehead atoms. The van der Waals surface area contributed by atoms with Crippen LogP contribution < -0.4 is 0 Å². The standard InChI is InChI=1S/C53H49FO4S/c1-38-22-23-44(30-45(38)31-48-28-29-50(59-48)43-24-26-47(54)27-25-43)49-32-46(37-55-33-39-14-6-2-7-15-39)51(56-34-40-16-8-3-9-17-40)53(58-36-42-20-12-5-13-21-42)52(49)57-35-41-18-10-4-11-19-41/h2-30,32,46,51-53H,31,33-37H2,1H3/t46-,51-,52+,53+/m1/s1. The van der Waals surface area contributed by atoms with E-state index in [0.29, 0.717) is 33.0 Å². The van der Waals surface area contributed by atoms with Gasteiger partial charge in [0.15, 0.2) is 0 Å². The van der Waals surface area contributed by atoms with Crippen LogP contribution in [0.5, 0.6) is 0 Å². The second-order valence-corrected chi connectivity index (χ2v) is 16.3. The van der Waals surface area contributed by atoms with Crippen molar-refractivity contribution in [2.24, 2.45) is 5.92 Å². The van der Waals surface area contributed by atoms with E-state index in [9.17, 15) is 4.39 Å². The lowest BCUT2D eigenvalue weighted by Gasteiger charge is -2.42. The van der Waals surface area contributed by atoms with Crippen LogP contribution in [0.1, 0.15) is 43.8 Å². The maximum absolute atomic E-state index is 13.7. The van der Waals surface area contributed by atoms with Gasteiger partial charge in [-0.15, -0.1) is 11.3 Å². The molecule has 7 aromatic rings. The topological polar surface area (TPSA) is 36.9 Å². The van der Waals surface area contributed by atoms with Crippen LogP contribution in [0.4, 0.5) is 4.39 Å². The maximum atomic E-state index is 13.7. The highest BCUT2D eigenvalue weighted by molar-refractivity contribution is 7.15. The predicted molar refractivity (Wildman–Crippen MR) is 236 cm³/mol. The summed E-state index contributed by atoms with van der Waals surface area (Å²) < 4.78 is 41.3. The smallest absolute Gasteiger partial charge is 0.123 e. The highest BCUT2D eigenvalue weighted by Crippen LogP contribution is 2.39. The molecule has 6 aromatic carbocycles. The summed E-state index contributed by atoms with van der Waals surface area (Å²) >= 11 is 1.74. The van der Waals surface area contributed by atoms with E-state index < -0.39 is 12.2 Å². The molecule has 0 unspecified atom stereocenters. The van der Waals surface area contributed by atoms with E-state index >= 15 is 0 Å². The lowest BCUT2D eigenvalue weighted by molar-refractivity contribution is -0.158. The van der Waals surface area contributed by atoms with E-state index in [1.54, 1.807) is 11.3 Å². The zero-order valence-electron chi connectivity index (χ0n) is 33.3. The molecule has 4 nitrogen and oxygen atoms in total. The van der Waals surface area contributed by atoms with E-state index in [4.69, 9.17) is 18.9 Å². The highest BCUT2D eigenvalue weighted by Gasteiger charge is 2.43. The van der Waals surface area contributed by atoms with E-state index in [2.05, 4.69) is 91.9 Å². The summed E-state index contributed by atoms with van der Waals surface area (Å²) in [4.78, 5) is 2.36. The van der Waals surface area contributed by atoms with Crippen LogP contribution >= 0.6 is 11.3 Å². The van der Waals surface area contributed by atoms with Gasteiger partial charge in [-0.3, -0.25) is 0 Å². The third-order valence-corrected chi connectivity index (χ3v) is 12.0. The van der Waals surface area contributed by atoms with Crippen molar-refractivity contribution in [2.75, 3.05) is 6.61 Å². The van der Waals surface area contributed by atoms with Crippen LogP contribution in [0, 0.1) is 18.7 Å². The molecule has 4 atom stereocenters. The summed E-state index contributed by atoms with van der Waals surface area (Å²) in [5, 5.41) is 0. The molecule has 1 aromatic heterocycles. The molecule has 298 valence electrons. The monoisotopic (exact) mass is 800 g/mol. The Labute approximate surface area is 351 Å². The first-order chi connectivity index (χ1) is 29.1. The largest absolute Gasteiger partial charge is 0.376 e. The Balaban J connectivity index is 1.17. The summed E-state index contributed by atoms with van der Waals surface area (Å²) in [5.41, 5.74) is 9.99. The van der Waals surface area contributed by atoms with Crippen LogP contribution in [0.2, 0.25) is 0 Å². The highest BCUT2D eigenvalue weighted by atomic mass is 32.1. The van der Waals surface area contributed by atoms with Gasteiger partial charge in [0.2, 0.25) is 0 Å². The Bertz CT molecular complexity index is 2380. The normalized spacial score (nSPS) is 17.8. The summed E-state index contributed by atoms with van der Waals surface area (Å²) in [6.45, 7) is 4.34.